The van der Waals surface area contributed by atoms with Crippen molar-refractivity contribution in [2.24, 2.45) is 17.8 Å². The minimum Gasteiger partial charge on any atom is -0.207 e. The van der Waals surface area contributed by atoms with E-state index in [1.807, 2.05) is 6.07 Å². The monoisotopic (exact) mass is 494 g/mol. The third-order valence-corrected chi connectivity index (χ3v) is 10.0. The molecule has 3 aliphatic carbocycles. The van der Waals surface area contributed by atoms with Gasteiger partial charge in [0.15, 0.2) is 0 Å². The van der Waals surface area contributed by atoms with Crippen LogP contribution >= 0.6 is 0 Å². The predicted molar refractivity (Wildman–Crippen MR) is 142 cm³/mol. The normalized spacial score (nSPS) is 31.2. The molecule has 36 heavy (non-hydrogen) atoms. The second kappa shape index (κ2) is 11.2. The first-order chi connectivity index (χ1) is 17.4. The van der Waals surface area contributed by atoms with Crippen LogP contribution in [0.1, 0.15) is 117 Å². The zero-order chi connectivity index (χ0) is 25.2. The van der Waals surface area contributed by atoms with Gasteiger partial charge >= 0.3 is 0 Å². The lowest BCUT2D eigenvalue weighted by Crippen LogP contribution is -2.25. The van der Waals surface area contributed by atoms with Gasteiger partial charge in [0, 0.05) is 5.56 Å². The standard InChI is InChI=1S/C33H41F3/c1-3-22-4-6-25(7-5-22)28-16-17-30(33(36)18-28)27-14-12-24(13-15-27)23-8-10-26(11-9-23)29-19-31(34)21(2)32(35)20-29/h3,16-20,22-27H,1,4-15H2,2H3. The van der Waals surface area contributed by atoms with E-state index in [4.69, 9.17) is 0 Å². The fourth-order valence-corrected chi connectivity index (χ4v) is 7.54. The molecule has 0 aliphatic heterocycles. The van der Waals surface area contributed by atoms with Crippen molar-refractivity contribution in [3.05, 3.63) is 82.7 Å². The Morgan fingerprint density at radius 3 is 1.61 bits per heavy atom. The summed E-state index contributed by atoms with van der Waals surface area (Å²) in [6, 6.07) is 9.20. The Morgan fingerprint density at radius 1 is 0.611 bits per heavy atom. The van der Waals surface area contributed by atoms with Crippen molar-refractivity contribution in [1.29, 1.82) is 0 Å². The molecule has 2 aromatic carbocycles. The topological polar surface area (TPSA) is 0 Å². The smallest absolute Gasteiger partial charge is 0.129 e. The lowest BCUT2D eigenvalue weighted by Gasteiger charge is -2.38. The van der Waals surface area contributed by atoms with Crippen molar-refractivity contribution in [2.75, 3.05) is 0 Å². The first kappa shape index (κ1) is 25.6. The van der Waals surface area contributed by atoms with Crippen LogP contribution in [0.25, 0.3) is 0 Å². The molecule has 0 N–H and O–H groups in total. The summed E-state index contributed by atoms with van der Waals surface area (Å²) < 4.78 is 43.3. The summed E-state index contributed by atoms with van der Waals surface area (Å²) in [6.45, 7) is 5.43. The molecule has 0 amide bonds. The molecule has 0 saturated heterocycles. The maximum absolute atomic E-state index is 15.2. The maximum atomic E-state index is 15.2. The molecule has 3 heteroatoms. The Bertz CT molecular complexity index is 1030. The van der Waals surface area contributed by atoms with E-state index in [1.54, 1.807) is 12.1 Å². The number of hydrogen-bond acceptors (Lipinski definition) is 0. The summed E-state index contributed by atoms with van der Waals surface area (Å²) in [5.41, 5.74) is 3.04. The van der Waals surface area contributed by atoms with E-state index in [0.717, 1.165) is 62.5 Å². The van der Waals surface area contributed by atoms with Crippen LogP contribution in [0.3, 0.4) is 0 Å². The molecule has 0 spiro atoms. The van der Waals surface area contributed by atoms with Crippen LogP contribution in [-0.4, -0.2) is 0 Å². The van der Waals surface area contributed by atoms with Gasteiger partial charge < -0.3 is 0 Å². The highest BCUT2D eigenvalue weighted by Gasteiger charge is 2.33. The molecular weight excluding hydrogens is 453 g/mol. The van der Waals surface area contributed by atoms with Gasteiger partial charge in [-0.15, -0.1) is 6.58 Å². The van der Waals surface area contributed by atoms with Crippen LogP contribution < -0.4 is 0 Å². The van der Waals surface area contributed by atoms with E-state index in [1.165, 1.54) is 38.2 Å². The SMILES string of the molecule is C=CC1CCC(c2ccc(C3CCC(C4CCC(c5cc(F)c(C)c(F)c5)CC4)CC3)c(F)c2)CC1. The predicted octanol–water partition coefficient (Wildman–Crippen LogP) is 10.1. The molecule has 0 radical (unpaired) electrons. The summed E-state index contributed by atoms with van der Waals surface area (Å²) in [5, 5.41) is 0. The van der Waals surface area contributed by atoms with E-state index in [-0.39, 0.29) is 17.3 Å². The Morgan fingerprint density at radius 2 is 1.08 bits per heavy atom. The van der Waals surface area contributed by atoms with E-state index in [0.29, 0.717) is 29.6 Å². The minimum atomic E-state index is -0.425. The Hall–Kier alpha value is -2.03. The number of allylic oxidation sites excluding steroid dienone is 1. The summed E-state index contributed by atoms with van der Waals surface area (Å²) in [6.07, 6.45) is 15.4. The molecule has 0 aromatic heterocycles. The van der Waals surface area contributed by atoms with E-state index < -0.39 is 11.6 Å². The van der Waals surface area contributed by atoms with Crippen LogP contribution in [-0.2, 0) is 0 Å². The quantitative estimate of drug-likeness (QED) is 0.363. The van der Waals surface area contributed by atoms with Gasteiger partial charge in [-0.3, -0.25) is 0 Å². The first-order valence-electron chi connectivity index (χ1n) is 14.3. The minimum absolute atomic E-state index is 0.000125. The lowest BCUT2D eigenvalue weighted by molar-refractivity contribution is 0.176. The lowest BCUT2D eigenvalue weighted by atomic mass is 9.67. The molecule has 0 atom stereocenters. The molecule has 3 saturated carbocycles. The van der Waals surface area contributed by atoms with Crippen molar-refractivity contribution < 1.29 is 13.2 Å². The van der Waals surface area contributed by atoms with Gasteiger partial charge in [-0.25, -0.2) is 13.2 Å². The Kier molecular flexibility index (Phi) is 7.93. The fraction of sp³-hybridized carbons (Fsp3) is 0.576. The molecule has 0 nitrogen and oxygen atoms in total. The second-order valence-electron chi connectivity index (χ2n) is 12.0. The highest BCUT2D eigenvalue weighted by molar-refractivity contribution is 5.31. The number of hydrogen-bond donors (Lipinski definition) is 0. The average molecular weight is 495 g/mol. The highest BCUT2D eigenvalue weighted by atomic mass is 19.1. The Labute approximate surface area is 215 Å². The summed E-state index contributed by atoms with van der Waals surface area (Å²) >= 11 is 0. The highest BCUT2D eigenvalue weighted by Crippen LogP contribution is 2.46. The van der Waals surface area contributed by atoms with E-state index >= 15 is 4.39 Å². The van der Waals surface area contributed by atoms with Gasteiger partial charge in [0.05, 0.1) is 0 Å². The molecule has 194 valence electrons. The summed E-state index contributed by atoms with van der Waals surface area (Å²) in [5.74, 6) is 2.27. The van der Waals surface area contributed by atoms with Crippen molar-refractivity contribution in [2.45, 2.75) is 102 Å². The zero-order valence-electron chi connectivity index (χ0n) is 21.8. The molecule has 3 aliphatic rings. The third-order valence-electron chi connectivity index (χ3n) is 10.0. The number of rotatable bonds is 5. The van der Waals surface area contributed by atoms with Gasteiger partial charge in [0.1, 0.15) is 17.5 Å². The zero-order valence-corrected chi connectivity index (χ0v) is 21.8. The van der Waals surface area contributed by atoms with Crippen molar-refractivity contribution in [1.82, 2.24) is 0 Å². The van der Waals surface area contributed by atoms with Crippen LogP contribution in [0.4, 0.5) is 13.2 Å². The van der Waals surface area contributed by atoms with Crippen LogP contribution in [0.2, 0.25) is 0 Å². The van der Waals surface area contributed by atoms with Crippen LogP contribution in [0, 0.1) is 42.1 Å². The fourth-order valence-electron chi connectivity index (χ4n) is 7.54. The van der Waals surface area contributed by atoms with Gasteiger partial charge in [-0.1, -0.05) is 18.2 Å². The Balaban J connectivity index is 1.13. The maximum Gasteiger partial charge on any atom is 0.129 e. The van der Waals surface area contributed by atoms with Gasteiger partial charge in [0.2, 0.25) is 0 Å². The largest absolute Gasteiger partial charge is 0.207 e. The molecule has 0 bridgehead atoms. The molecular formula is C33H41F3. The second-order valence-corrected chi connectivity index (χ2v) is 12.0. The average Bonchev–Trinajstić information content (AvgIpc) is 2.92. The van der Waals surface area contributed by atoms with Gasteiger partial charge in [-0.2, -0.15) is 0 Å². The summed E-state index contributed by atoms with van der Waals surface area (Å²) in [4.78, 5) is 0. The molecule has 0 unspecified atom stereocenters. The molecule has 3 fully saturated rings. The van der Waals surface area contributed by atoms with Crippen LogP contribution in [0.15, 0.2) is 43.0 Å². The van der Waals surface area contributed by atoms with E-state index in [9.17, 15) is 8.78 Å². The van der Waals surface area contributed by atoms with Crippen LogP contribution in [0.5, 0.6) is 0 Å². The first-order valence-corrected chi connectivity index (χ1v) is 14.3. The van der Waals surface area contributed by atoms with E-state index in [2.05, 4.69) is 24.8 Å². The molecule has 5 rings (SSSR count). The van der Waals surface area contributed by atoms with Gasteiger partial charge in [0.25, 0.3) is 0 Å². The number of benzene rings is 2. The van der Waals surface area contributed by atoms with Crippen molar-refractivity contribution in [3.63, 3.8) is 0 Å². The van der Waals surface area contributed by atoms with Crippen molar-refractivity contribution >= 4 is 0 Å². The third kappa shape index (κ3) is 5.46. The molecule has 0 heterocycles. The summed E-state index contributed by atoms with van der Waals surface area (Å²) in [7, 11) is 0. The number of halogens is 3. The molecule has 2 aromatic rings. The van der Waals surface area contributed by atoms with Gasteiger partial charge in [-0.05, 0) is 154 Å². The van der Waals surface area contributed by atoms with Crippen molar-refractivity contribution in [3.8, 4) is 0 Å².